The van der Waals surface area contributed by atoms with E-state index in [9.17, 15) is 8.42 Å². The Hall–Kier alpha value is -3.03. The minimum Gasteiger partial charge on any atom is -0.488 e. The highest BCUT2D eigenvalue weighted by Gasteiger charge is 2.32. The number of sulfonamides is 1. The fraction of sp³-hybridized carbons (Fsp3) is 0.308. The molecule has 0 bridgehead atoms. The van der Waals surface area contributed by atoms with Crippen LogP contribution in [0, 0.1) is 6.92 Å². The molecule has 6 nitrogen and oxygen atoms in total. The summed E-state index contributed by atoms with van der Waals surface area (Å²) < 4.78 is 40.0. The van der Waals surface area contributed by atoms with Crippen molar-refractivity contribution in [3.63, 3.8) is 0 Å². The van der Waals surface area contributed by atoms with Gasteiger partial charge in [-0.15, -0.1) is 0 Å². The topological polar surface area (TPSA) is 76.7 Å². The monoisotopic (exact) mass is 466 g/mol. The van der Waals surface area contributed by atoms with E-state index in [0.717, 1.165) is 29.0 Å². The molecule has 4 rings (SSSR count). The Labute approximate surface area is 196 Å². The molecule has 0 aromatic heterocycles. The average Bonchev–Trinajstić information content (AvgIpc) is 3.08. The van der Waals surface area contributed by atoms with Crippen molar-refractivity contribution in [3.8, 4) is 11.5 Å². The molecule has 0 spiro atoms. The summed E-state index contributed by atoms with van der Waals surface area (Å²) in [6.45, 7) is 7.76. The molecule has 3 aromatic carbocycles. The van der Waals surface area contributed by atoms with E-state index in [1.54, 1.807) is 24.3 Å². The second-order valence-corrected chi connectivity index (χ2v) is 10.6. The number of anilines is 1. The van der Waals surface area contributed by atoms with Gasteiger partial charge in [0.2, 0.25) is 0 Å². The molecule has 0 saturated carbocycles. The van der Waals surface area contributed by atoms with Crippen LogP contribution in [-0.4, -0.2) is 27.2 Å². The fourth-order valence-electron chi connectivity index (χ4n) is 3.91. The molecule has 1 aliphatic rings. The molecule has 3 aromatic rings. The van der Waals surface area contributed by atoms with E-state index in [0.29, 0.717) is 25.4 Å². The van der Waals surface area contributed by atoms with Crippen molar-refractivity contribution < 1.29 is 17.9 Å². The Balaban J connectivity index is 1.29. The first-order valence-corrected chi connectivity index (χ1v) is 12.5. The van der Waals surface area contributed by atoms with Gasteiger partial charge in [-0.3, -0.25) is 4.72 Å². The maximum absolute atomic E-state index is 12.7. The van der Waals surface area contributed by atoms with Crippen LogP contribution in [0.1, 0.15) is 30.5 Å². The van der Waals surface area contributed by atoms with Crippen LogP contribution < -0.4 is 19.5 Å². The van der Waals surface area contributed by atoms with Crippen molar-refractivity contribution in [3.05, 3.63) is 83.4 Å². The van der Waals surface area contributed by atoms with Crippen LogP contribution in [0.4, 0.5) is 5.69 Å². The second-order valence-electron chi connectivity index (χ2n) is 8.93. The van der Waals surface area contributed by atoms with Gasteiger partial charge in [0.15, 0.2) is 11.5 Å². The third kappa shape index (κ3) is 5.86. The van der Waals surface area contributed by atoms with Crippen LogP contribution in [0.15, 0.2) is 71.6 Å². The molecular formula is C26H30N2O4S. The number of hydrogen-bond donors (Lipinski definition) is 2. The summed E-state index contributed by atoms with van der Waals surface area (Å²) in [6.07, 6.45) is 0.877. The molecular weight excluding hydrogens is 436 g/mol. The van der Waals surface area contributed by atoms with Gasteiger partial charge in [-0.2, -0.15) is 0 Å². The predicted octanol–water partition coefficient (Wildman–Crippen LogP) is 4.68. The fourth-order valence-corrected chi connectivity index (χ4v) is 5.06. The highest BCUT2D eigenvalue weighted by Crippen LogP contribution is 2.41. The maximum atomic E-state index is 12.7. The summed E-state index contributed by atoms with van der Waals surface area (Å²) >= 11 is 0. The number of nitrogens with one attached hydrogen (secondary N) is 2. The Kier molecular flexibility index (Phi) is 6.63. The van der Waals surface area contributed by atoms with E-state index < -0.39 is 10.0 Å². The first kappa shape index (κ1) is 23.1. The van der Waals surface area contributed by atoms with Gasteiger partial charge in [0.1, 0.15) is 12.2 Å². The minimum absolute atomic E-state index is 0.202. The van der Waals surface area contributed by atoms with E-state index >= 15 is 0 Å². The Morgan fingerprint density at radius 3 is 2.64 bits per heavy atom. The first-order valence-electron chi connectivity index (χ1n) is 11.0. The van der Waals surface area contributed by atoms with Crippen LogP contribution in [0.3, 0.4) is 0 Å². The lowest BCUT2D eigenvalue weighted by Crippen LogP contribution is -2.25. The lowest BCUT2D eigenvalue weighted by atomic mass is 10.0. The second kappa shape index (κ2) is 9.45. The van der Waals surface area contributed by atoms with Crippen LogP contribution in [0.25, 0.3) is 0 Å². The smallest absolute Gasteiger partial charge is 0.261 e. The van der Waals surface area contributed by atoms with Gasteiger partial charge < -0.3 is 14.8 Å². The van der Waals surface area contributed by atoms with E-state index in [4.69, 9.17) is 9.47 Å². The summed E-state index contributed by atoms with van der Waals surface area (Å²) in [5.41, 5.74) is 3.38. The third-order valence-electron chi connectivity index (χ3n) is 5.40. The molecule has 2 N–H and O–H groups in total. The molecule has 0 atom stereocenters. The van der Waals surface area contributed by atoms with Crippen LogP contribution in [0.2, 0.25) is 0 Å². The van der Waals surface area contributed by atoms with Gasteiger partial charge in [0.05, 0.1) is 4.90 Å². The van der Waals surface area contributed by atoms with Crippen molar-refractivity contribution in [1.29, 1.82) is 0 Å². The minimum atomic E-state index is -3.63. The molecule has 1 aliphatic heterocycles. The van der Waals surface area contributed by atoms with Gasteiger partial charge >= 0.3 is 0 Å². The molecule has 0 aliphatic carbocycles. The van der Waals surface area contributed by atoms with E-state index in [1.807, 2.05) is 43.3 Å². The molecule has 7 heteroatoms. The maximum Gasteiger partial charge on any atom is 0.261 e. The molecule has 0 amide bonds. The van der Waals surface area contributed by atoms with Crippen molar-refractivity contribution in [2.24, 2.45) is 0 Å². The standard InChI is InChI=1S/C26H30N2O4S/c1-19-7-4-11-23(15-19)33(29,30)28-22-10-5-8-20(16-22)18-27-13-14-31-24-12-6-9-21-17-26(2,3)32-25(21)24/h4-12,15-16,27-28H,13-14,17-18H2,1-3H3. The van der Waals surface area contributed by atoms with Crippen molar-refractivity contribution in [2.45, 2.75) is 44.2 Å². The van der Waals surface area contributed by atoms with Crippen molar-refractivity contribution in [2.75, 3.05) is 17.9 Å². The predicted molar refractivity (Wildman–Crippen MR) is 130 cm³/mol. The molecule has 33 heavy (non-hydrogen) atoms. The number of hydrogen-bond acceptors (Lipinski definition) is 5. The number of ether oxygens (including phenoxy) is 2. The van der Waals surface area contributed by atoms with Gasteiger partial charge in [-0.05, 0) is 62.2 Å². The van der Waals surface area contributed by atoms with Crippen molar-refractivity contribution in [1.82, 2.24) is 5.32 Å². The van der Waals surface area contributed by atoms with E-state index in [2.05, 4.69) is 30.0 Å². The van der Waals surface area contributed by atoms with Gasteiger partial charge in [-0.1, -0.05) is 36.4 Å². The first-order chi connectivity index (χ1) is 15.7. The largest absolute Gasteiger partial charge is 0.488 e. The molecule has 174 valence electrons. The Morgan fingerprint density at radius 1 is 1.03 bits per heavy atom. The number of rotatable bonds is 9. The SMILES string of the molecule is Cc1cccc(S(=O)(=O)Nc2cccc(CNCCOc3cccc4c3OC(C)(C)C4)c2)c1. The van der Waals surface area contributed by atoms with E-state index in [1.165, 1.54) is 5.56 Å². The molecule has 0 unspecified atom stereocenters. The Bertz CT molecular complexity index is 1240. The lowest BCUT2D eigenvalue weighted by molar-refractivity contribution is 0.132. The lowest BCUT2D eigenvalue weighted by Gasteiger charge is -2.18. The molecule has 1 heterocycles. The number of benzene rings is 3. The Morgan fingerprint density at radius 2 is 1.82 bits per heavy atom. The van der Waals surface area contributed by atoms with Crippen LogP contribution in [-0.2, 0) is 23.0 Å². The molecule has 0 radical (unpaired) electrons. The summed E-state index contributed by atoms with van der Waals surface area (Å²) in [4.78, 5) is 0.253. The average molecular weight is 467 g/mol. The number of aryl methyl sites for hydroxylation is 1. The molecule has 0 saturated heterocycles. The summed E-state index contributed by atoms with van der Waals surface area (Å²) in [6, 6.07) is 20.2. The van der Waals surface area contributed by atoms with Crippen LogP contribution >= 0.6 is 0 Å². The van der Waals surface area contributed by atoms with Gasteiger partial charge in [0.25, 0.3) is 10.0 Å². The van der Waals surface area contributed by atoms with Gasteiger partial charge in [0, 0.05) is 30.8 Å². The highest BCUT2D eigenvalue weighted by molar-refractivity contribution is 7.92. The molecule has 0 fully saturated rings. The van der Waals surface area contributed by atoms with Gasteiger partial charge in [-0.25, -0.2) is 8.42 Å². The summed E-state index contributed by atoms with van der Waals surface area (Å²) in [5.74, 6) is 1.61. The number of fused-ring (bicyclic) bond motifs is 1. The third-order valence-corrected chi connectivity index (χ3v) is 6.78. The van der Waals surface area contributed by atoms with Crippen LogP contribution in [0.5, 0.6) is 11.5 Å². The summed E-state index contributed by atoms with van der Waals surface area (Å²) in [5, 5.41) is 3.34. The van der Waals surface area contributed by atoms with Crippen molar-refractivity contribution >= 4 is 15.7 Å². The zero-order valence-corrected chi connectivity index (χ0v) is 20.0. The zero-order valence-electron chi connectivity index (χ0n) is 19.2. The summed E-state index contributed by atoms with van der Waals surface area (Å²) in [7, 11) is -3.63. The number of para-hydroxylation sites is 1. The van der Waals surface area contributed by atoms with E-state index in [-0.39, 0.29) is 10.5 Å². The highest BCUT2D eigenvalue weighted by atomic mass is 32.2. The quantitative estimate of drug-likeness (QED) is 0.448. The normalized spacial score (nSPS) is 14.4. The zero-order chi connectivity index (χ0) is 23.5.